The number of sulfonamides is 1. The molecular weight excluding hydrogens is 330 g/mol. The first kappa shape index (κ1) is 15.5. The number of benzene rings is 1. The quantitative estimate of drug-likeness (QED) is 0.852. The van der Waals surface area contributed by atoms with Gasteiger partial charge < -0.3 is 13.9 Å². The first-order valence-corrected chi connectivity index (χ1v) is 9.55. The maximum absolute atomic E-state index is 13.1. The Bertz CT molecular complexity index is 816. The van der Waals surface area contributed by atoms with Crippen LogP contribution in [0.25, 0.3) is 0 Å². The molecule has 0 N–H and O–H groups in total. The van der Waals surface area contributed by atoms with Crippen LogP contribution in [0.4, 0.5) is 0 Å². The molecule has 0 bridgehead atoms. The topological polar surface area (TPSA) is 69.0 Å². The zero-order chi connectivity index (χ0) is 16.6. The fourth-order valence-corrected chi connectivity index (χ4v) is 4.91. The summed E-state index contributed by atoms with van der Waals surface area (Å²) < 4.78 is 44.3. The summed E-state index contributed by atoms with van der Waals surface area (Å²) in [6.45, 7) is 1.59. The maximum atomic E-state index is 13.1. The third-order valence-corrected chi connectivity index (χ3v) is 6.31. The number of hydrogen-bond acceptors (Lipinski definition) is 5. The van der Waals surface area contributed by atoms with Gasteiger partial charge in [0.25, 0.3) is 0 Å². The van der Waals surface area contributed by atoms with Crippen LogP contribution in [0.15, 0.2) is 45.9 Å². The van der Waals surface area contributed by atoms with Crippen molar-refractivity contribution in [3.05, 3.63) is 42.4 Å². The lowest BCUT2D eigenvalue weighted by atomic mass is 10.2. The summed E-state index contributed by atoms with van der Waals surface area (Å²) >= 11 is 0. The first-order chi connectivity index (χ1) is 11.7. The second-order valence-corrected chi connectivity index (χ2v) is 7.84. The van der Waals surface area contributed by atoms with Crippen molar-refractivity contribution in [2.75, 3.05) is 19.8 Å². The molecule has 0 radical (unpaired) electrons. The van der Waals surface area contributed by atoms with Gasteiger partial charge in [-0.1, -0.05) is 0 Å². The Morgan fingerprint density at radius 1 is 1.04 bits per heavy atom. The van der Waals surface area contributed by atoms with Crippen molar-refractivity contribution >= 4 is 10.0 Å². The molecule has 2 aliphatic rings. The van der Waals surface area contributed by atoms with Crippen molar-refractivity contribution in [1.29, 1.82) is 0 Å². The van der Waals surface area contributed by atoms with Gasteiger partial charge in [0, 0.05) is 19.0 Å². The van der Waals surface area contributed by atoms with Crippen molar-refractivity contribution in [2.45, 2.75) is 30.2 Å². The Labute approximate surface area is 141 Å². The first-order valence-electron chi connectivity index (χ1n) is 8.11. The van der Waals surface area contributed by atoms with Crippen LogP contribution in [0.5, 0.6) is 11.5 Å². The summed E-state index contributed by atoms with van der Waals surface area (Å²) in [5.41, 5.74) is 0. The Morgan fingerprint density at radius 2 is 1.88 bits per heavy atom. The smallest absolute Gasteiger partial charge is 0.243 e. The molecule has 1 saturated heterocycles. The van der Waals surface area contributed by atoms with Crippen LogP contribution in [0.2, 0.25) is 0 Å². The number of ether oxygens (including phenoxy) is 2. The van der Waals surface area contributed by atoms with Crippen LogP contribution in [0.3, 0.4) is 0 Å². The minimum Gasteiger partial charge on any atom is -0.490 e. The molecule has 0 unspecified atom stereocenters. The van der Waals surface area contributed by atoms with E-state index in [2.05, 4.69) is 0 Å². The summed E-state index contributed by atoms with van der Waals surface area (Å²) in [4.78, 5) is 0.227. The number of nitrogens with zero attached hydrogens (tertiary/aromatic N) is 1. The van der Waals surface area contributed by atoms with Crippen molar-refractivity contribution in [3.8, 4) is 11.5 Å². The molecule has 0 saturated carbocycles. The van der Waals surface area contributed by atoms with Gasteiger partial charge in [-0.25, -0.2) is 8.42 Å². The highest BCUT2D eigenvalue weighted by atomic mass is 32.2. The SMILES string of the molecule is O=S(=O)(c1ccc2c(c1)OCCCO2)N1CCC[C@H]1c1ccco1. The van der Waals surface area contributed by atoms with Crippen molar-refractivity contribution in [3.63, 3.8) is 0 Å². The molecule has 6 nitrogen and oxygen atoms in total. The molecule has 3 heterocycles. The van der Waals surface area contributed by atoms with Crippen molar-refractivity contribution < 1.29 is 22.3 Å². The molecule has 1 aromatic heterocycles. The molecular formula is C17H19NO5S. The van der Waals surface area contributed by atoms with Gasteiger partial charge >= 0.3 is 0 Å². The molecule has 24 heavy (non-hydrogen) atoms. The normalized spacial score (nSPS) is 21.6. The number of fused-ring (bicyclic) bond motifs is 1. The molecule has 0 amide bonds. The highest BCUT2D eigenvalue weighted by Gasteiger charge is 2.38. The minimum absolute atomic E-state index is 0.227. The van der Waals surface area contributed by atoms with Crippen LogP contribution in [-0.4, -0.2) is 32.5 Å². The number of furan rings is 1. The van der Waals surface area contributed by atoms with E-state index in [1.807, 2.05) is 6.07 Å². The van der Waals surface area contributed by atoms with E-state index in [0.29, 0.717) is 37.0 Å². The average Bonchev–Trinajstić information content (AvgIpc) is 3.21. The van der Waals surface area contributed by atoms with Gasteiger partial charge in [0.15, 0.2) is 11.5 Å². The van der Waals surface area contributed by atoms with E-state index in [0.717, 1.165) is 19.3 Å². The highest BCUT2D eigenvalue weighted by Crippen LogP contribution is 2.39. The Hall–Kier alpha value is -1.99. The summed E-state index contributed by atoms with van der Waals surface area (Å²) in [6.07, 6.45) is 3.93. The third kappa shape index (κ3) is 2.67. The Kier molecular flexibility index (Phi) is 3.97. The lowest BCUT2D eigenvalue weighted by Crippen LogP contribution is -2.30. The molecule has 7 heteroatoms. The molecule has 0 spiro atoms. The van der Waals surface area contributed by atoms with Gasteiger partial charge in [0.1, 0.15) is 5.76 Å². The zero-order valence-electron chi connectivity index (χ0n) is 13.2. The van der Waals surface area contributed by atoms with Gasteiger partial charge in [-0.15, -0.1) is 0 Å². The summed E-state index contributed by atoms with van der Waals surface area (Å²) in [5.74, 6) is 1.77. The van der Waals surface area contributed by atoms with Crippen LogP contribution in [0.1, 0.15) is 31.1 Å². The van der Waals surface area contributed by atoms with E-state index in [9.17, 15) is 8.42 Å². The zero-order valence-corrected chi connectivity index (χ0v) is 14.0. The lowest BCUT2D eigenvalue weighted by molar-refractivity contribution is 0.296. The summed E-state index contributed by atoms with van der Waals surface area (Å²) in [7, 11) is -3.62. The van der Waals surface area contributed by atoms with Gasteiger partial charge in [-0.2, -0.15) is 4.31 Å². The Balaban J connectivity index is 1.68. The Morgan fingerprint density at radius 3 is 2.67 bits per heavy atom. The predicted octanol–water partition coefficient (Wildman–Crippen LogP) is 2.97. The summed E-state index contributed by atoms with van der Waals surface area (Å²) in [5, 5.41) is 0. The standard InChI is InChI=1S/C17H19NO5S/c19-24(20,18-8-1-4-14(18)15-5-2-9-21-15)13-6-7-16-17(12-13)23-11-3-10-22-16/h2,5-7,9,12,14H,1,3-4,8,10-11H2/t14-/m0/s1. The van der Waals surface area contributed by atoms with Crippen molar-refractivity contribution in [2.24, 2.45) is 0 Å². The van der Waals surface area contributed by atoms with Crippen LogP contribution in [0, 0.1) is 0 Å². The molecule has 1 atom stereocenters. The van der Waals surface area contributed by atoms with E-state index >= 15 is 0 Å². The van der Waals surface area contributed by atoms with Crippen LogP contribution >= 0.6 is 0 Å². The fraction of sp³-hybridized carbons (Fsp3) is 0.412. The molecule has 0 aliphatic carbocycles. The predicted molar refractivity (Wildman–Crippen MR) is 86.6 cm³/mol. The average molecular weight is 349 g/mol. The molecule has 2 aromatic rings. The fourth-order valence-electron chi connectivity index (χ4n) is 3.23. The van der Waals surface area contributed by atoms with E-state index < -0.39 is 10.0 Å². The van der Waals surface area contributed by atoms with E-state index in [-0.39, 0.29) is 10.9 Å². The minimum atomic E-state index is -3.62. The number of hydrogen-bond donors (Lipinski definition) is 0. The molecule has 4 rings (SSSR count). The van der Waals surface area contributed by atoms with Crippen molar-refractivity contribution in [1.82, 2.24) is 4.31 Å². The third-order valence-electron chi connectivity index (χ3n) is 4.40. The molecule has 2 aliphatic heterocycles. The van der Waals surface area contributed by atoms with E-state index in [1.54, 1.807) is 30.5 Å². The monoisotopic (exact) mass is 349 g/mol. The second-order valence-electron chi connectivity index (χ2n) is 5.95. The molecule has 128 valence electrons. The number of rotatable bonds is 3. The van der Waals surface area contributed by atoms with Gasteiger partial charge in [-0.05, 0) is 37.1 Å². The van der Waals surface area contributed by atoms with Crippen LogP contribution < -0.4 is 9.47 Å². The molecule has 1 aromatic carbocycles. The maximum Gasteiger partial charge on any atom is 0.243 e. The van der Waals surface area contributed by atoms with Gasteiger partial charge in [0.2, 0.25) is 10.0 Å². The largest absolute Gasteiger partial charge is 0.490 e. The van der Waals surface area contributed by atoms with Gasteiger partial charge in [-0.3, -0.25) is 0 Å². The lowest BCUT2D eigenvalue weighted by Gasteiger charge is -2.23. The highest BCUT2D eigenvalue weighted by molar-refractivity contribution is 7.89. The van der Waals surface area contributed by atoms with Crippen LogP contribution in [-0.2, 0) is 10.0 Å². The second kappa shape index (κ2) is 6.14. The van der Waals surface area contributed by atoms with E-state index in [1.165, 1.54) is 4.31 Å². The van der Waals surface area contributed by atoms with E-state index in [4.69, 9.17) is 13.9 Å². The summed E-state index contributed by atoms with van der Waals surface area (Å²) in [6, 6.07) is 8.18. The van der Waals surface area contributed by atoms with Gasteiger partial charge in [0.05, 0.1) is 30.4 Å². The molecule has 1 fully saturated rings.